The van der Waals surface area contributed by atoms with Crippen LogP contribution in [0.1, 0.15) is 5.56 Å². The van der Waals surface area contributed by atoms with Gasteiger partial charge in [-0.3, -0.25) is 4.68 Å². The standard InChI is InChI=1S/C16H14Cl2N8O2S/c17-11-2-1-3-12(18)10(11)8-23-6-4-13(20-23)25-16(19)29-15(22-25)9-24-7-5-14(21-24)26(27)28/h1-7,16H,8-9,19H2. The minimum absolute atomic E-state index is 0.216. The van der Waals surface area contributed by atoms with Gasteiger partial charge in [-0.1, -0.05) is 41.0 Å². The van der Waals surface area contributed by atoms with Gasteiger partial charge in [0.1, 0.15) is 11.6 Å². The molecule has 0 bridgehead atoms. The van der Waals surface area contributed by atoms with Gasteiger partial charge < -0.3 is 15.8 Å². The Balaban J connectivity index is 1.49. The predicted octanol–water partition coefficient (Wildman–Crippen LogP) is 3.15. The van der Waals surface area contributed by atoms with Crippen molar-refractivity contribution in [2.45, 2.75) is 18.6 Å². The highest BCUT2D eigenvalue weighted by molar-refractivity contribution is 8.14. The number of halogens is 2. The Morgan fingerprint density at radius 3 is 2.48 bits per heavy atom. The number of aromatic nitrogens is 4. The lowest BCUT2D eigenvalue weighted by Gasteiger charge is -2.15. The quantitative estimate of drug-likeness (QED) is 0.450. The Bertz CT molecular complexity index is 1080. The maximum atomic E-state index is 10.8. The van der Waals surface area contributed by atoms with Gasteiger partial charge in [0.25, 0.3) is 0 Å². The second-order valence-electron chi connectivity index (χ2n) is 6.05. The van der Waals surface area contributed by atoms with Crippen LogP contribution in [0.4, 0.5) is 11.6 Å². The zero-order valence-corrected chi connectivity index (χ0v) is 17.0. The molecule has 3 heterocycles. The molecular weight excluding hydrogens is 439 g/mol. The van der Waals surface area contributed by atoms with Crippen molar-refractivity contribution >= 4 is 51.6 Å². The van der Waals surface area contributed by atoms with E-state index in [2.05, 4.69) is 15.3 Å². The van der Waals surface area contributed by atoms with E-state index >= 15 is 0 Å². The third kappa shape index (κ3) is 4.22. The Kier molecular flexibility index (Phi) is 5.46. The van der Waals surface area contributed by atoms with Crippen LogP contribution in [0.25, 0.3) is 0 Å². The van der Waals surface area contributed by atoms with Gasteiger partial charge in [-0.2, -0.15) is 14.9 Å². The third-order valence-corrected chi connectivity index (χ3v) is 5.70. The monoisotopic (exact) mass is 452 g/mol. The molecule has 0 saturated carbocycles. The van der Waals surface area contributed by atoms with Crippen molar-refractivity contribution in [3.63, 3.8) is 0 Å². The fourth-order valence-electron chi connectivity index (χ4n) is 2.72. The first-order valence-electron chi connectivity index (χ1n) is 8.34. The first-order valence-corrected chi connectivity index (χ1v) is 9.97. The molecule has 1 aliphatic heterocycles. The first kappa shape index (κ1) is 19.7. The van der Waals surface area contributed by atoms with Crippen LogP contribution >= 0.6 is 35.0 Å². The Morgan fingerprint density at radius 1 is 1.10 bits per heavy atom. The van der Waals surface area contributed by atoms with E-state index in [1.165, 1.54) is 28.7 Å². The molecular formula is C16H14Cl2N8O2S. The van der Waals surface area contributed by atoms with E-state index in [-0.39, 0.29) is 12.4 Å². The van der Waals surface area contributed by atoms with E-state index in [1.54, 1.807) is 40.2 Å². The van der Waals surface area contributed by atoms with E-state index in [0.717, 1.165) is 5.56 Å². The average Bonchev–Trinajstić information content (AvgIpc) is 3.39. The maximum Gasteiger partial charge on any atom is 0.389 e. The van der Waals surface area contributed by atoms with Crippen molar-refractivity contribution in [3.05, 3.63) is 68.4 Å². The molecule has 2 N–H and O–H groups in total. The summed E-state index contributed by atoms with van der Waals surface area (Å²) in [6.07, 6.45) is 3.31. The number of nitro groups is 1. The molecule has 1 unspecified atom stereocenters. The van der Waals surface area contributed by atoms with Gasteiger partial charge in [-0.05, 0) is 17.1 Å². The normalized spacial score (nSPS) is 16.3. The minimum Gasteiger partial charge on any atom is -0.358 e. The molecule has 2 aromatic heterocycles. The van der Waals surface area contributed by atoms with Crippen molar-refractivity contribution in [1.82, 2.24) is 19.6 Å². The maximum absolute atomic E-state index is 10.8. The molecule has 1 atom stereocenters. The number of hydrazone groups is 1. The van der Waals surface area contributed by atoms with Crippen LogP contribution in [-0.2, 0) is 13.1 Å². The van der Waals surface area contributed by atoms with Crippen molar-refractivity contribution in [3.8, 4) is 0 Å². The molecule has 0 spiro atoms. The first-order chi connectivity index (χ1) is 13.9. The summed E-state index contributed by atoms with van der Waals surface area (Å²) in [5.74, 6) is 0.348. The molecule has 150 valence electrons. The number of rotatable bonds is 6. The average molecular weight is 453 g/mol. The Hall–Kier alpha value is -2.60. The van der Waals surface area contributed by atoms with Gasteiger partial charge in [-0.15, -0.1) is 0 Å². The number of anilines is 1. The smallest absolute Gasteiger partial charge is 0.358 e. The summed E-state index contributed by atoms with van der Waals surface area (Å²) in [6.45, 7) is 0.681. The molecule has 0 saturated heterocycles. The van der Waals surface area contributed by atoms with Crippen LogP contribution in [-0.4, -0.2) is 35.0 Å². The summed E-state index contributed by atoms with van der Waals surface area (Å²) in [6, 6.07) is 8.45. The van der Waals surface area contributed by atoms with E-state index in [1.807, 2.05) is 0 Å². The SMILES string of the molecule is NC1SC(Cn2ccc([N+](=O)[O-])n2)=NN1c1ccn(Cc2c(Cl)cccc2Cl)n1. The summed E-state index contributed by atoms with van der Waals surface area (Å²) in [5, 5.41) is 27.0. The highest BCUT2D eigenvalue weighted by Gasteiger charge is 2.28. The predicted molar refractivity (Wildman–Crippen MR) is 112 cm³/mol. The lowest BCUT2D eigenvalue weighted by molar-refractivity contribution is -0.389. The molecule has 0 aliphatic carbocycles. The lowest BCUT2D eigenvalue weighted by Crippen LogP contribution is -2.32. The third-order valence-electron chi connectivity index (χ3n) is 4.07. The highest BCUT2D eigenvalue weighted by atomic mass is 35.5. The Labute approximate surface area is 179 Å². The van der Waals surface area contributed by atoms with E-state index in [9.17, 15) is 10.1 Å². The van der Waals surface area contributed by atoms with E-state index in [4.69, 9.17) is 28.9 Å². The van der Waals surface area contributed by atoms with Gasteiger partial charge in [0.2, 0.25) is 0 Å². The summed E-state index contributed by atoms with van der Waals surface area (Å²) in [4.78, 5) is 10.2. The molecule has 1 aliphatic rings. The number of nitrogens with zero attached hydrogens (tertiary/aromatic N) is 7. The van der Waals surface area contributed by atoms with Crippen molar-refractivity contribution in [2.75, 3.05) is 5.01 Å². The Morgan fingerprint density at radius 2 is 1.79 bits per heavy atom. The van der Waals surface area contributed by atoms with Gasteiger partial charge in [0.15, 0.2) is 11.3 Å². The second kappa shape index (κ2) is 8.03. The van der Waals surface area contributed by atoms with Gasteiger partial charge in [0.05, 0.1) is 23.9 Å². The summed E-state index contributed by atoms with van der Waals surface area (Å²) in [7, 11) is 0. The van der Waals surface area contributed by atoms with Gasteiger partial charge in [-0.25, -0.2) is 5.01 Å². The number of benzene rings is 1. The molecule has 3 aromatic rings. The molecule has 4 rings (SSSR count). The number of hydrogen-bond donors (Lipinski definition) is 1. The number of hydrogen-bond acceptors (Lipinski definition) is 8. The van der Waals surface area contributed by atoms with E-state index in [0.29, 0.717) is 27.5 Å². The minimum atomic E-state index is -0.546. The molecule has 0 fully saturated rings. The van der Waals surface area contributed by atoms with Crippen LogP contribution in [0.5, 0.6) is 0 Å². The van der Waals surface area contributed by atoms with Crippen molar-refractivity contribution < 1.29 is 4.92 Å². The van der Waals surface area contributed by atoms with Crippen LogP contribution in [0.2, 0.25) is 10.0 Å². The largest absolute Gasteiger partial charge is 0.389 e. The fourth-order valence-corrected chi connectivity index (χ4v) is 4.11. The molecule has 10 nitrogen and oxygen atoms in total. The van der Waals surface area contributed by atoms with E-state index < -0.39 is 10.4 Å². The summed E-state index contributed by atoms with van der Waals surface area (Å²) >= 11 is 13.8. The van der Waals surface area contributed by atoms with Gasteiger partial charge in [0, 0.05) is 27.9 Å². The lowest BCUT2D eigenvalue weighted by atomic mass is 10.2. The van der Waals surface area contributed by atoms with Crippen LogP contribution in [0, 0.1) is 10.1 Å². The number of nitrogens with two attached hydrogens (primary N) is 1. The second-order valence-corrected chi connectivity index (χ2v) is 8.05. The van der Waals surface area contributed by atoms with Crippen LogP contribution in [0.3, 0.4) is 0 Å². The molecule has 13 heteroatoms. The topological polar surface area (TPSA) is 120 Å². The van der Waals surface area contributed by atoms with Crippen molar-refractivity contribution in [1.29, 1.82) is 0 Å². The molecule has 1 aromatic carbocycles. The van der Waals surface area contributed by atoms with Crippen LogP contribution in [0.15, 0.2) is 47.8 Å². The highest BCUT2D eigenvalue weighted by Crippen LogP contribution is 2.29. The molecule has 0 amide bonds. The summed E-state index contributed by atoms with van der Waals surface area (Å²) < 4.78 is 3.14. The van der Waals surface area contributed by atoms with Crippen LogP contribution < -0.4 is 10.7 Å². The fraction of sp³-hybridized carbons (Fsp3) is 0.188. The number of thioether (sulfide) groups is 1. The molecule has 0 radical (unpaired) electrons. The van der Waals surface area contributed by atoms with Crippen molar-refractivity contribution in [2.24, 2.45) is 10.8 Å². The summed E-state index contributed by atoms with van der Waals surface area (Å²) in [5.41, 5.74) is 6.47. The zero-order valence-electron chi connectivity index (χ0n) is 14.7. The zero-order chi connectivity index (χ0) is 20.5. The van der Waals surface area contributed by atoms with Gasteiger partial charge >= 0.3 is 5.82 Å². The molecule has 29 heavy (non-hydrogen) atoms.